The van der Waals surface area contributed by atoms with Gasteiger partial charge in [-0.15, -0.1) is 11.3 Å². The Morgan fingerprint density at radius 3 is 2.85 bits per heavy atom. The number of carbonyl (C=O) groups is 2. The minimum absolute atomic E-state index is 0.0666. The van der Waals surface area contributed by atoms with E-state index in [0.717, 1.165) is 15.6 Å². The van der Waals surface area contributed by atoms with E-state index in [1.54, 1.807) is 11.3 Å². The first kappa shape index (κ1) is 18.5. The van der Waals surface area contributed by atoms with E-state index in [4.69, 9.17) is 0 Å². The van der Waals surface area contributed by atoms with Crippen molar-refractivity contribution >= 4 is 23.2 Å². The topological polar surface area (TPSA) is 133 Å². The van der Waals surface area contributed by atoms with Crippen LogP contribution in [0.4, 0.5) is 0 Å². The Hall–Kier alpha value is -2.33. The molecule has 3 atom stereocenters. The molecule has 0 radical (unpaired) electrons. The molecule has 2 amide bonds. The zero-order chi connectivity index (χ0) is 18.7. The van der Waals surface area contributed by atoms with Gasteiger partial charge in [-0.1, -0.05) is 0 Å². The fourth-order valence-electron chi connectivity index (χ4n) is 3.15. The van der Waals surface area contributed by atoms with Crippen LogP contribution < -0.4 is 10.6 Å². The lowest BCUT2D eigenvalue weighted by Crippen LogP contribution is -2.49. The Labute approximate surface area is 154 Å². The SMILES string of the molecule is Cc1nc(C)c(CNC(=O)[C@H]2CC[C@@H](O)[C@H](NC(=O)c3cn[nH]n3)C2)s1. The zero-order valence-electron chi connectivity index (χ0n) is 14.7. The number of aliphatic hydroxyl groups is 1. The molecule has 1 aliphatic rings. The van der Waals surface area contributed by atoms with Crippen molar-refractivity contribution < 1.29 is 14.7 Å². The number of aromatic amines is 1. The number of amides is 2. The molecule has 3 rings (SSSR count). The van der Waals surface area contributed by atoms with Gasteiger partial charge in [0.2, 0.25) is 5.91 Å². The molecular weight excluding hydrogens is 356 g/mol. The molecule has 0 aromatic carbocycles. The molecule has 0 saturated heterocycles. The normalized spacial score (nSPS) is 22.8. The van der Waals surface area contributed by atoms with Crippen molar-refractivity contribution in [3.8, 4) is 0 Å². The van der Waals surface area contributed by atoms with Crippen LogP contribution in [0.1, 0.15) is 45.3 Å². The number of nitrogens with zero attached hydrogens (tertiary/aromatic N) is 3. The average Bonchev–Trinajstić information content (AvgIpc) is 3.24. The molecule has 0 aliphatic heterocycles. The van der Waals surface area contributed by atoms with Crippen molar-refractivity contribution in [3.63, 3.8) is 0 Å². The third-order valence-electron chi connectivity index (χ3n) is 4.57. The minimum Gasteiger partial charge on any atom is -0.391 e. The van der Waals surface area contributed by atoms with Crippen LogP contribution in [-0.2, 0) is 11.3 Å². The van der Waals surface area contributed by atoms with Crippen LogP contribution >= 0.6 is 11.3 Å². The van der Waals surface area contributed by atoms with E-state index in [9.17, 15) is 14.7 Å². The fraction of sp³-hybridized carbons (Fsp3) is 0.562. The first-order valence-corrected chi connectivity index (χ1v) is 9.31. The molecule has 10 heteroatoms. The van der Waals surface area contributed by atoms with Crippen molar-refractivity contribution in [2.45, 2.75) is 51.8 Å². The number of H-pyrrole nitrogens is 1. The number of thiazole rings is 1. The van der Waals surface area contributed by atoms with Crippen LogP contribution in [0.5, 0.6) is 0 Å². The number of carbonyl (C=O) groups excluding carboxylic acids is 2. The molecule has 1 aliphatic carbocycles. The Balaban J connectivity index is 1.55. The Morgan fingerprint density at radius 1 is 1.38 bits per heavy atom. The highest BCUT2D eigenvalue weighted by atomic mass is 32.1. The second kappa shape index (κ2) is 7.92. The third kappa shape index (κ3) is 4.25. The van der Waals surface area contributed by atoms with Gasteiger partial charge in [-0.2, -0.15) is 15.4 Å². The maximum atomic E-state index is 12.5. The fourth-order valence-corrected chi connectivity index (χ4v) is 4.03. The standard InChI is InChI=1S/C16H22N6O3S/c1-8-14(26-9(2)19-8)7-17-15(24)10-3-4-13(23)11(5-10)20-16(25)12-6-18-22-21-12/h6,10-11,13,23H,3-5,7H2,1-2H3,(H,17,24)(H,20,25)(H,18,21,22)/t10-,11+,13+/m0/s1. The van der Waals surface area contributed by atoms with Gasteiger partial charge in [-0.3, -0.25) is 9.59 Å². The molecule has 4 N–H and O–H groups in total. The van der Waals surface area contributed by atoms with E-state index >= 15 is 0 Å². The summed E-state index contributed by atoms with van der Waals surface area (Å²) in [6, 6.07) is -0.490. The van der Waals surface area contributed by atoms with Gasteiger partial charge in [0.15, 0.2) is 5.69 Å². The maximum Gasteiger partial charge on any atom is 0.273 e. The predicted octanol–water partition coefficient (Wildman–Crippen LogP) is 0.454. The van der Waals surface area contributed by atoms with Crippen molar-refractivity contribution in [3.05, 3.63) is 27.5 Å². The molecule has 2 aromatic heterocycles. The van der Waals surface area contributed by atoms with E-state index < -0.39 is 18.1 Å². The summed E-state index contributed by atoms with van der Waals surface area (Å²) in [4.78, 5) is 30.0. The smallest absolute Gasteiger partial charge is 0.273 e. The number of nitrogens with one attached hydrogen (secondary N) is 3. The van der Waals surface area contributed by atoms with Crippen molar-refractivity contribution in [2.24, 2.45) is 5.92 Å². The Kier molecular flexibility index (Phi) is 5.62. The lowest BCUT2D eigenvalue weighted by molar-refractivity contribution is -0.127. The largest absolute Gasteiger partial charge is 0.391 e. The number of aromatic nitrogens is 4. The lowest BCUT2D eigenvalue weighted by atomic mass is 9.83. The molecule has 26 heavy (non-hydrogen) atoms. The number of hydrogen-bond acceptors (Lipinski definition) is 7. The summed E-state index contributed by atoms with van der Waals surface area (Å²) in [7, 11) is 0. The number of aryl methyl sites for hydroxylation is 2. The highest BCUT2D eigenvalue weighted by molar-refractivity contribution is 7.11. The van der Waals surface area contributed by atoms with Crippen LogP contribution in [0.3, 0.4) is 0 Å². The summed E-state index contributed by atoms with van der Waals surface area (Å²) in [6.45, 7) is 4.32. The van der Waals surface area contributed by atoms with Gasteiger partial charge in [0.1, 0.15) is 0 Å². The summed E-state index contributed by atoms with van der Waals surface area (Å²) in [6.07, 6.45) is 2.07. The Morgan fingerprint density at radius 2 is 2.19 bits per heavy atom. The van der Waals surface area contributed by atoms with Gasteiger partial charge in [-0.25, -0.2) is 4.98 Å². The van der Waals surface area contributed by atoms with Crippen LogP contribution in [-0.4, -0.2) is 49.5 Å². The molecular formula is C16H22N6O3S. The van der Waals surface area contributed by atoms with Crippen molar-refractivity contribution in [2.75, 3.05) is 0 Å². The van der Waals surface area contributed by atoms with Crippen LogP contribution in [0.15, 0.2) is 6.20 Å². The van der Waals surface area contributed by atoms with E-state index in [-0.39, 0.29) is 17.5 Å². The Bertz CT molecular complexity index is 775. The van der Waals surface area contributed by atoms with Crippen molar-refractivity contribution in [1.82, 2.24) is 31.0 Å². The van der Waals surface area contributed by atoms with Gasteiger partial charge in [-0.05, 0) is 33.1 Å². The first-order valence-electron chi connectivity index (χ1n) is 8.49. The molecule has 2 aromatic rings. The molecule has 1 saturated carbocycles. The summed E-state index contributed by atoms with van der Waals surface area (Å²) in [5, 5.41) is 26.5. The van der Waals surface area contributed by atoms with Crippen LogP contribution in [0.25, 0.3) is 0 Å². The van der Waals surface area contributed by atoms with E-state index in [0.29, 0.717) is 25.8 Å². The average molecular weight is 378 g/mol. The molecule has 0 bridgehead atoms. The molecule has 9 nitrogen and oxygen atoms in total. The van der Waals surface area contributed by atoms with E-state index in [2.05, 4.69) is 31.0 Å². The van der Waals surface area contributed by atoms with Crippen LogP contribution in [0.2, 0.25) is 0 Å². The van der Waals surface area contributed by atoms with Gasteiger partial charge in [0, 0.05) is 10.8 Å². The molecule has 2 heterocycles. The summed E-state index contributed by atoms with van der Waals surface area (Å²) in [5.41, 5.74) is 1.09. The monoisotopic (exact) mass is 378 g/mol. The summed E-state index contributed by atoms with van der Waals surface area (Å²) in [5.74, 6) is -0.738. The quantitative estimate of drug-likeness (QED) is 0.597. The van der Waals surface area contributed by atoms with Gasteiger partial charge < -0.3 is 15.7 Å². The maximum absolute atomic E-state index is 12.5. The number of hydrogen-bond donors (Lipinski definition) is 4. The second-order valence-electron chi connectivity index (χ2n) is 6.47. The van der Waals surface area contributed by atoms with E-state index in [1.165, 1.54) is 6.20 Å². The summed E-state index contributed by atoms with van der Waals surface area (Å²) < 4.78 is 0. The van der Waals surface area contributed by atoms with Gasteiger partial charge in [0.05, 0.1) is 35.6 Å². The van der Waals surface area contributed by atoms with E-state index in [1.807, 2.05) is 13.8 Å². The third-order valence-corrected chi connectivity index (χ3v) is 5.64. The van der Waals surface area contributed by atoms with Gasteiger partial charge >= 0.3 is 0 Å². The predicted molar refractivity (Wildman–Crippen MR) is 94.4 cm³/mol. The van der Waals surface area contributed by atoms with Crippen LogP contribution in [0, 0.1) is 19.8 Å². The highest BCUT2D eigenvalue weighted by Gasteiger charge is 2.34. The van der Waals surface area contributed by atoms with Gasteiger partial charge in [0.25, 0.3) is 5.91 Å². The highest BCUT2D eigenvalue weighted by Crippen LogP contribution is 2.26. The molecule has 140 valence electrons. The molecule has 0 spiro atoms. The number of rotatable bonds is 5. The first-order chi connectivity index (χ1) is 12.4. The second-order valence-corrected chi connectivity index (χ2v) is 7.76. The van der Waals surface area contributed by atoms with Crippen molar-refractivity contribution in [1.29, 1.82) is 0 Å². The number of aliphatic hydroxyl groups excluding tert-OH is 1. The molecule has 0 unspecified atom stereocenters. The lowest BCUT2D eigenvalue weighted by Gasteiger charge is -2.32. The molecule has 1 fully saturated rings. The minimum atomic E-state index is -0.679. The zero-order valence-corrected chi connectivity index (χ0v) is 15.5. The summed E-state index contributed by atoms with van der Waals surface area (Å²) >= 11 is 1.57.